The van der Waals surface area contributed by atoms with E-state index in [4.69, 9.17) is 17.0 Å². The van der Waals surface area contributed by atoms with Crippen LogP contribution in [0.1, 0.15) is 35.1 Å². The molecule has 4 aromatic rings. The Morgan fingerprint density at radius 3 is 2.78 bits per heavy atom. The fourth-order valence-electron chi connectivity index (χ4n) is 3.10. The smallest absolute Gasteiger partial charge is 0.257 e. The molecule has 2 aromatic heterocycles. The molecule has 10 heteroatoms. The maximum Gasteiger partial charge on any atom is 0.257 e. The molecule has 2 heterocycles. The second kappa shape index (κ2) is 9.41. The second-order valence-corrected chi connectivity index (χ2v) is 8.48. The van der Waals surface area contributed by atoms with Crippen molar-refractivity contribution in [3.05, 3.63) is 59.4 Å². The molecule has 0 saturated heterocycles. The Balaban J connectivity index is 1.48. The van der Waals surface area contributed by atoms with Gasteiger partial charge in [-0.3, -0.25) is 10.1 Å². The third-order valence-corrected chi connectivity index (χ3v) is 5.89. The van der Waals surface area contributed by atoms with Gasteiger partial charge in [0.2, 0.25) is 4.96 Å². The number of aryl methyl sites for hydroxylation is 1. The molecule has 1 amide bonds. The van der Waals surface area contributed by atoms with Crippen LogP contribution in [0.25, 0.3) is 15.5 Å². The number of nitrogens with zero attached hydrogens (tertiary/aromatic N) is 4. The van der Waals surface area contributed by atoms with Gasteiger partial charge in [0.25, 0.3) is 5.91 Å². The standard InChI is InChI=1S/C22H22N6O2S2/c1-4-11-30-16-8-5-7-15(12-16)19(29)24-21(31)23-18-10-6-9-17(13(18)2)20-27-28-14(3)25-26-22(28)32-20/h5-10,12H,4,11H2,1-3H3,(H2,23,24,29,31). The molecular weight excluding hydrogens is 444 g/mol. The van der Waals surface area contributed by atoms with Crippen molar-refractivity contribution in [1.29, 1.82) is 0 Å². The molecule has 0 aliphatic heterocycles. The Kier molecular flexibility index (Phi) is 6.42. The minimum absolute atomic E-state index is 0.212. The van der Waals surface area contributed by atoms with E-state index in [0.717, 1.165) is 39.0 Å². The zero-order valence-corrected chi connectivity index (χ0v) is 19.5. The summed E-state index contributed by atoms with van der Waals surface area (Å²) in [6.45, 7) is 6.47. The van der Waals surface area contributed by atoms with Crippen molar-refractivity contribution < 1.29 is 9.53 Å². The van der Waals surface area contributed by atoms with Crippen molar-refractivity contribution in [3.8, 4) is 16.3 Å². The van der Waals surface area contributed by atoms with Crippen molar-refractivity contribution in [2.75, 3.05) is 11.9 Å². The van der Waals surface area contributed by atoms with E-state index in [2.05, 4.69) is 25.9 Å². The molecule has 2 aromatic carbocycles. The summed E-state index contributed by atoms with van der Waals surface area (Å²) in [5.41, 5.74) is 3.18. The van der Waals surface area contributed by atoms with Gasteiger partial charge in [-0.05, 0) is 62.3 Å². The third kappa shape index (κ3) is 4.61. The normalized spacial score (nSPS) is 10.8. The van der Waals surface area contributed by atoms with Gasteiger partial charge in [0.15, 0.2) is 10.9 Å². The van der Waals surface area contributed by atoms with Crippen molar-refractivity contribution in [2.45, 2.75) is 27.2 Å². The van der Waals surface area contributed by atoms with Gasteiger partial charge in [0.05, 0.1) is 6.61 Å². The van der Waals surface area contributed by atoms with Crippen LogP contribution in [0.2, 0.25) is 0 Å². The molecule has 4 rings (SSSR count). The largest absolute Gasteiger partial charge is 0.494 e. The molecule has 0 aliphatic rings. The highest BCUT2D eigenvalue weighted by atomic mass is 32.1. The molecule has 0 radical (unpaired) electrons. The summed E-state index contributed by atoms with van der Waals surface area (Å²) in [6, 6.07) is 12.8. The Hall–Kier alpha value is -3.37. The maximum atomic E-state index is 12.6. The van der Waals surface area contributed by atoms with Gasteiger partial charge in [-0.15, -0.1) is 10.2 Å². The van der Waals surface area contributed by atoms with Crippen LogP contribution in [-0.2, 0) is 0 Å². The SMILES string of the molecule is CCCOc1cccc(C(=O)NC(=S)Nc2cccc(-c3nn4c(C)nnc4s3)c2C)c1. The monoisotopic (exact) mass is 466 g/mol. The maximum absolute atomic E-state index is 12.6. The molecule has 8 nitrogen and oxygen atoms in total. The number of thiocarbonyl (C=S) groups is 1. The van der Waals surface area contributed by atoms with E-state index in [1.165, 1.54) is 11.3 Å². The van der Waals surface area contributed by atoms with Gasteiger partial charge < -0.3 is 10.1 Å². The first-order chi connectivity index (χ1) is 15.5. The average molecular weight is 467 g/mol. The summed E-state index contributed by atoms with van der Waals surface area (Å²) >= 11 is 6.84. The predicted octanol–water partition coefficient (Wildman–Crippen LogP) is 4.39. The van der Waals surface area contributed by atoms with Gasteiger partial charge in [0.1, 0.15) is 10.8 Å². The Morgan fingerprint density at radius 1 is 1.19 bits per heavy atom. The van der Waals surface area contributed by atoms with Gasteiger partial charge in [0, 0.05) is 16.8 Å². The molecule has 32 heavy (non-hydrogen) atoms. The lowest BCUT2D eigenvalue weighted by molar-refractivity contribution is 0.0977. The number of anilines is 1. The van der Waals surface area contributed by atoms with E-state index < -0.39 is 0 Å². The van der Waals surface area contributed by atoms with Crippen LogP contribution in [-0.4, -0.2) is 37.4 Å². The van der Waals surface area contributed by atoms with Crippen molar-refractivity contribution in [2.24, 2.45) is 0 Å². The Bertz CT molecular complexity index is 1300. The van der Waals surface area contributed by atoms with Crippen LogP contribution < -0.4 is 15.4 Å². The van der Waals surface area contributed by atoms with E-state index >= 15 is 0 Å². The summed E-state index contributed by atoms with van der Waals surface area (Å²) < 4.78 is 7.32. The quantitative estimate of drug-likeness (QED) is 0.407. The molecule has 0 saturated carbocycles. The average Bonchev–Trinajstić information content (AvgIpc) is 3.36. The highest BCUT2D eigenvalue weighted by molar-refractivity contribution is 7.80. The second-order valence-electron chi connectivity index (χ2n) is 7.11. The molecule has 0 unspecified atom stereocenters. The number of hydrogen-bond acceptors (Lipinski definition) is 7. The van der Waals surface area contributed by atoms with E-state index in [9.17, 15) is 4.79 Å². The van der Waals surface area contributed by atoms with Crippen molar-refractivity contribution in [3.63, 3.8) is 0 Å². The molecule has 0 bridgehead atoms. The number of rotatable bonds is 6. The van der Waals surface area contributed by atoms with E-state index in [1.807, 2.05) is 45.0 Å². The summed E-state index contributed by atoms with van der Waals surface area (Å²) in [6.07, 6.45) is 0.896. The van der Waals surface area contributed by atoms with Crippen LogP contribution in [0.4, 0.5) is 5.69 Å². The Labute approximate surface area is 194 Å². The number of amides is 1. The van der Waals surface area contributed by atoms with E-state index in [0.29, 0.717) is 17.9 Å². The zero-order chi connectivity index (χ0) is 22.7. The lowest BCUT2D eigenvalue weighted by Gasteiger charge is -2.14. The van der Waals surface area contributed by atoms with Crippen LogP contribution in [0.3, 0.4) is 0 Å². The fourth-order valence-corrected chi connectivity index (χ4v) is 4.27. The van der Waals surface area contributed by atoms with E-state index in [-0.39, 0.29) is 11.0 Å². The highest BCUT2D eigenvalue weighted by Crippen LogP contribution is 2.31. The first kappa shape index (κ1) is 21.8. The number of benzene rings is 2. The van der Waals surface area contributed by atoms with Gasteiger partial charge in [-0.1, -0.05) is 36.5 Å². The lowest BCUT2D eigenvalue weighted by atomic mass is 10.1. The number of carbonyl (C=O) groups is 1. The predicted molar refractivity (Wildman–Crippen MR) is 129 cm³/mol. The summed E-state index contributed by atoms with van der Waals surface area (Å²) in [5.74, 6) is 1.09. The highest BCUT2D eigenvalue weighted by Gasteiger charge is 2.15. The number of carbonyl (C=O) groups excluding carboxylic acids is 1. The number of hydrogen-bond donors (Lipinski definition) is 2. The van der Waals surface area contributed by atoms with Crippen LogP contribution in [0.15, 0.2) is 42.5 Å². The lowest BCUT2D eigenvalue weighted by Crippen LogP contribution is -2.34. The third-order valence-electron chi connectivity index (χ3n) is 4.76. The minimum atomic E-state index is -0.303. The van der Waals surface area contributed by atoms with Crippen LogP contribution >= 0.6 is 23.6 Å². The fraction of sp³-hybridized carbons (Fsp3) is 0.227. The molecule has 0 aliphatic carbocycles. The number of aromatic nitrogens is 4. The van der Waals surface area contributed by atoms with Gasteiger partial charge in [-0.2, -0.15) is 9.61 Å². The first-order valence-electron chi connectivity index (χ1n) is 10.1. The van der Waals surface area contributed by atoms with Crippen molar-refractivity contribution in [1.82, 2.24) is 25.1 Å². The number of fused-ring (bicyclic) bond motifs is 1. The summed E-state index contributed by atoms with van der Waals surface area (Å²) in [4.78, 5) is 13.4. The first-order valence-corrected chi connectivity index (χ1v) is 11.3. The number of ether oxygens (including phenoxy) is 1. The molecule has 164 valence electrons. The zero-order valence-electron chi connectivity index (χ0n) is 17.9. The summed E-state index contributed by atoms with van der Waals surface area (Å²) in [7, 11) is 0. The molecular formula is C22H22N6O2S2. The minimum Gasteiger partial charge on any atom is -0.494 e. The van der Waals surface area contributed by atoms with Gasteiger partial charge in [-0.25, -0.2) is 0 Å². The Morgan fingerprint density at radius 2 is 2.00 bits per heavy atom. The van der Waals surface area contributed by atoms with Crippen molar-refractivity contribution >= 4 is 45.2 Å². The van der Waals surface area contributed by atoms with Crippen LogP contribution in [0.5, 0.6) is 5.75 Å². The molecule has 2 N–H and O–H groups in total. The summed E-state index contributed by atoms with van der Waals surface area (Å²) in [5, 5.41) is 19.7. The number of nitrogens with one attached hydrogen (secondary N) is 2. The van der Waals surface area contributed by atoms with Gasteiger partial charge >= 0.3 is 0 Å². The molecule has 0 fully saturated rings. The molecule has 0 atom stereocenters. The van der Waals surface area contributed by atoms with Crippen LogP contribution in [0, 0.1) is 13.8 Å². The van der Waals surface area contributed by atoms with E-state index in [1.54, 1.807) is 22.7 Å². The topological polar surface area (TPSA) is 93.4 Å². The molecule has 0 spiro atoms.